The van der Waals surface area contributed by atoms with Gasteiger partial charge >= 0.3 is 12.2 Å². The van der Waals surface area contributed by atoms with E-state index < -0.39 is 12.2 Å². The van der Waals surface area contributed by atoms with Gasteiger partial charge in [-0.05, 0) is 30.7 Å². The second-order valence-electron chi connectivity index (χ2n) is 8.00. The SMILES string of the molecule is COC(=O)N1c2ccc(C3CNN(CCC#N)C3)cc2N(C(=O)Oc2ccccn2)C[C@@H]1C. The van der Waals surface area contributed by atoms with Crippen LogP contribution in [0.3, 0.4) is 0 Å². The number of pyridine rings is 1. The molecular formula is C23H26N6O4. The largest absolute Gasteiger partial charge is 0.452 e. The molecule has 2 amide bonds. The first-order valence-electron chi connectivity index (χ1n) is 10.8. The van der Waals surface area contributed by atoms with Crippen molar-refractivity contribution in [1.82, 2.24) is 15.4 Å². The number of methoxy groups -OCH3 is 1. The Bertz CT molecular complexity index is 1060. The minimum absolute atomic E-state index is 0.175. The summed E-state index contributed by atoms with van der Waals surface area (Å²) in [6, 6.07) is 12.7. The summed E-state index contributed by atoms with van der Waals surface area (Å²) in [7, 11) is 1.34. The van der Waals surface area contributed by atoms with Gasteiger partial charge in [0, 0.05) is 44.2 Å². The zero-order valence-electron chi connectivity index (χ0n) is 18.6. The van der Waals surface area contributed by atoms with Gasteiger partial charge in [-0.2, -0.15) is 5.26 Å². The minimum atomic E-state index is -0.566. The first-order valence-corrected chi connectivity index (χ1v) is 10.8. The number of carbonyl (C=O) groups excluding carboxylic acids is 2. The highest BCUT2D eigenvalue weighted by atomic mass is 16.6. The van der Waals surface area contributed by atoms with Gasteiger partial charge in [0.15, 0.2) is 0 Å². The summed E-state index contributed by atoms with van der Waals surface area (Å²) in [6.07, 6.45) is 0.948. The molecule has 1 fully saturated rings. The third-order valence-corrected chi connectivity index (χ3v) is 5.83. The molecule has 2 atom stereocenters. The third-order valence-electron chi connectivity index (χ3n) is 5.83. The predicted molar refractivity (Wildman–Crippen MR) is 121 cm³/mol. The Labute approximate surface area is 192 Å². The normalized spacial score (nSPS) is 20.2. The van der Waals surface area contributed by atoms with Crippen molar-refractivity contribution in [1.29, 1.82) is 5.26 Å². The number of aromatic nitrogens is 1. The van der Waals surface area contributed by atoms with Crippen molar-refractivity contribution in [2.45, 2.75) is 25.3 Å². The van der Waals surface area contributed by atoms with Gasteiger partial charge in [0.05, 0.1) is 37.1 Å². The maximum Gasteiger partial charge on any atom is 0.421 e. The molecule has 0 aliphatic carbocycles. The van der Waals surface area contributed by atoms with Crippen LogP contribution in [0.5, 0.6) is 5.88 Å². The highest BCUT2D eigenvalue weighted by Gasteiger charge is 2.37. The monoisotopic (exact) mass is 450 g/mol. The van der Waals surface area contributed by atoms with E-state index in [0.29, 0.717) is 24.3 Å². The zero-order chi connectivity index (χ0) is 23.4. The fourth-order valence-corrected chi connectivity index (χ4v) is 4.21. The number of hydrazine groups is 1. The fourth-order valence-electron chi connectivity index (χ4n) is 4.21. The van der Waals surface area contributed by atoms with Crippen LogP contribution >= 0.6 is 0 Å². The average molecular weight is 450 g/mol. The van der Waals surface area contributed by atoms with Gasteiger partial charge in [0.25, 0.3) is 0 Å². The Morgan fingerprint density at radius 1 is 1.21 bits per heavy atom. The lowest BCUT2D eigenvalue weighted by atomic mass is 9.97. The van der Waals surface area contributed by atoms with Crippen LogP contribution in [0.25, 0.3) is 0 Å². The summed E-state index contributed by atoms with van der Waals surface area (Å²) in [5, 5.41) is 10.9. The summed E-state index contributed by atoms with van der Waals surface area (Å²) in [5.74, 6) is 0.380. The number of ether oxygens (including phenoxy) is 2. The molecule has 1 saturated heterocycles. The fraction of sp³-hybridized carbons (Fsp3) is 0.391. The molecule has 10 nitrogen and oxygen atoms in total. The van der Waals surface area contributed by atoms with Gasteiger partial charge in [-0.3, -0.25) is 15.2 Å². The highest BCUT2D eigenvalue weighted by Crippen LogP contribution is 2.39. The number of carbonyl (C=O) groups is 2. The van der Waals surface area contributed by atoms with E-state index >= 15 is 0 Å². The lowest BCUT2D eigenvalue weighted by molar-refractivity contribution is 0.175. The quantitative estimate of drug-likeness (QED) is 0.757. The molecule has 1 aromatic carbocycles. The van der Waals surface area contributed by atoms with Gasteiger partial charge < -0.3 is 9.47 Å². The molecule has 1 unspecified atom stereocenters. The molecule has 2 aromatic rings. The van der Waals surface area contributed by atoms with Crippen molar-refractivity contribution in [3.8, 4) is 11.9 Å². The number of nitrogens with one attached hydrogen (secondary N) is 1. The van der Waals surface area contributed by atoms with E-state index in [-0.39, 0.29) is 24.4 Å². The molecule has 2 aliphatic heterocycles. The molecule has 0 saturated carbocycles. The first-order chi connectivity index (χ1) is 16.0. The van der Waals surface area contributed by atoms with Gasteiger partial charge in [-0.25, -0.2) is 19.6 Å². The van der Waals surface area contributed by atoms with E-state index in [4.69, 9.17) is 14.7 Å². The molecule has 4 rings (SSSR count). The van der Waals surface area contributed by atoms with Crippen molar-refractivity contribution >= 4 is 23.6 Å². The van der Waals surface area contributed by atoms with E-state index in [2.05, 4.69) is 16.5 Å². The van der Waals surface area contributed by atoms with Crippen LogP contribution in [-0.4, -0.2) is 61.5 Å². The van der Waals surface area contributed by atoms with Crippen molar-refractivity contribution in [3.63, 3.8) is 0 Å². The van der Waals surface area contributed by atoms with Crippen LogP contribution in [0.2, 0.25) is 0 Å². The van der Waals surface area contributed by atoms with Crippen LogP contribution in [0.1, 0.15) is 24.8 Å². The number of rotatable bonds is 4. The van der Waals surface area contributed by atoms with Crippen LogP contribution in [0.4, 0.5) is 21.0 Å². The van der Waals surface area contributed by atoms with Crippen molar-refractivity contribution in [3.05, 3.63) is 48.2 Å². The van der Waals surface area contributed by atoms with Crippen LogP contribution in [0, 0.1) is 11.3 Å². The molecule has 0 radical (unpaired) electrons. The second-order valence-corrected chi connectivity index (χ2v) is 8.00. The number of benzene rings is 1. The maximum atomic E-state index is 13.1. The molecule has 0 spiro atoms. The van der Waals surface area contributed by atoms with E-state index in [1.165, 1.54) is 12.0 Å². The number of amides is 2. The first kappa shape index (κ1) is 22.5. The second kappa shape index (κ2) is 9.85. The maximum absolute atomic E-state index is 13.1. The van der Waals surface area contributed by atoms with E-state index in [1.54, 1.807) is 29.3 Å². The smallest absolute Gasteiger partial charge is 0.421 e. The van der Waals surface area contributed by atoms with Crippen molar-refractivity contribution < 1.29 is 19.1 Å². The zero-order valence-corrected chi connectivity index (χ0v) is 18.6. The lowest BCUT2D eigenvalue weighted by Crippen LogP contribution is -2.52. The number of fused-ring (bicyclic) bond motifs is 1. The number of nitrogens with zero attached hydrogens (tertiary/aromatic N) is 5. The van der Waals surface area contributed by atoms with Crippen molar-refractivity contribution in [2.24, 2.45) is 0 Å². The molecule has 1 aromatic heterocycles. The summed E-state index contributed by atoms with van der Waals surface area (Å²) in [4.78, 5) is 32.8. The summed E-state index contributed by atoms with van der Waals surface area (Å²) in [5.41, 5.74) is 5.49. The molecular weight excluding hydrogens is 424 g/mol. The van der Waals surface area contributed by atoms with Crippen molar-refractivity contribution in [2.75, 3.05) is 43.1 Å². The lowest BCUT2D eigenvalue weighted by Gasteiger charge is -2.39. The predicted octanol–water partition coefficient (Wildman–Crippen LogP) is 2.88. The van der Waals surface area contributed by atoms with E-state index in [9.17, 15) is 9.59 Å². The number of nitriles is 1. The molecule has 1 N–H and O–H groups in total. The Morgan fingerprint density at radius 2 is 2.06 bits per heavy atom. The number of hydrogen-bond acceptors (Lipinski definition) is 8. The van der Waals surface area contributed by atoms with E-state index in [1.807, 2.05) is 30.1 Å². The number of hydrogen-bond donors (Lipinski definition) is 1. The topological polar surface area (TPSA) is 111 Å². The highest BCUT2D eigenvalue weighted by molar-refractivity contribution is 6.01. The Kier molecular flexibility index (Phi) is 6.72. The van der Waals surface area contributed by atoms with Gasteiger partial charge in [-0.15, -0.1) is 0 Å². The van der Waals surface area contributed by atoms with Gasteiger partial charge in [0.1, 0.15) is 0 Å². The number of anilines is 2. The summed E-state index contributed by atoms with van der Waals surface area (Å²) >= 11 is 0. The van der Waals surface area contributed by atoms with Gasteiger partial charge in [0.2, 0.25) is 5.88 Å². The third kappa shape index (κ3) is 4.74. The van der Waals surface area contributed by atoms with Gasteiger partial charge in [-0.1, -0.05) is 12.1 Å². The molecule has 10 heteroatoms. The average Bonchev–Trinajstić information content (AvgIpc) is 3.31. The molecule has 3 heterocycles. The Morgan fingerprint density at radius 3 is 2.79 bits per heavy atom. The Balaban J connectivity index is 1.65. The molecule has 0 bridgehead atoms. The standard InChI is InChI=1S/C23H26N6O4/c1-16-14-28(22(30)33-21-6-3-4-10-25-21)20-12-17(7-8-19(20)29(16)23(31)32-2)18-13-26-27(15-18)11-5-9-24/h3-4,6-8,10,12,16,18,26H,5,11,13-15H2,1-2H3/t16-,18?/m0/s1. The summed E-state index contributed by atoms with van der Waals surface area (Å²) < 4.78 is 10.5. The molecule has 33 heavy (non-hydrogen) atoms. The Hall–Kier alpha value is -3.68. The van der Waals surface area contributed by atoms with Crippen LogP contribution < -0.4 is 20.0 Å². The molecule has 2 aliphatic rings. The van der Waals surface area contributed by atoms with E-state index in [0.717, 1.165) is 18.7 Å². The minimum Gasteiger partial charge on any atom is -0.452 e. The molecule has 172 valence electrons. The summed E-state index contributed by atoms with van der Waals surface area (Å²) in [6.45, 7) is 4.21. The van der Waals surface area contributed by atoms with Crippen LogP contribution in [-0.2, 0) is 4.74 Å². The van der Waals surface area contributed by atoms with Crippen LogP contribution in [0.15, 0.2) is 42.6 Å².